The van der Waals surface area contributed by atoms with Crippen molar-refractivity contribution >= 4 is 39.3 Å². The highest BCUT2D eigenvalue weighted by molar-refractivity contribution is 9.10. The van der Waals surface area contributed by atoms with E-state index in [1.54, 1.807) is 43.3 Å². The normalized spacial score (nSPS) is 15.4. The summed E-state index contributed by atoms with van der Waals surface area (Å²) in [6, 6.07) is 16.1. The number of hydrazone groups is 1. The number of hydrogen-bond donors (Lipinski definition) is 2. The van der Waals surface area contributed by atoms with Crippen molar-refractivity contribution in [1.82, 2.24) is 9.78 Å². The fourth-order valence-electron chi connectivity index (χ4n) is 2.92. The lowest BCUT2D eigenvalue weighted by Gasteiger charge is -2.10. The third-order valence-corrected chi connectivity index (χ3v) is 4.88. The molecule has 0 saturated heterocycles. The second-order valence-corrected chi connectivity index (χ2v) is 7.10. The standard InChI is InChI=1S/C20H15BrN4O3/c1-12-16(19(27)24(22-12)14-5-3-2-4-6-14)11-17-18(26)23-25(20(17)28)15-9-7-13(21)8-10-15/h2-11,28H,1H3,(H,23,26)/b16-11+. The van der Waals surface area contributed by atoms with E-state index in [1.165, 1.54) is 15.8 Å². The number of H-pyrrole nitrogens is 1. The Morgan fingerprint density at radius 3 is 2.39 bits per heavy atom. The maximum atomic E-state index is 12.8. The molecule has 0 unspecified atom stereocenters. The molecule has 2 heterocycles. The summed E-state index contributed by atoms with van der Waals surface area (Å²) < 4.78 is 2.14. The van der Waals surface area contributed by atoms with Gasteiger partial charge in [0.1, 0.15) is 5.56 Å². The van der Waals surface area contributed by atoms with Crippen LogP contribution in [0.3, 0.4) is 0 Å². The van der Waals surface area contributed by atoms with Crippen molar-refractivity contribution in [1.29, 1.82) is 0 Å². The number of para-hydroxylation sites is 1. The maximum absolute atomic E-state index is 12.8. The van der Waals surface area contributed by atoms with Crippen molar-refractivity contribution in [2.24, 2.45) is 5.10 Å². The fraction of sp³-hybridized carbons (Fsp3) is 0.0500. The molecule has 3 aromatic rings. The van der Waals surface area contributed by atoms with Crippen LogP contribution in [0.2, 0.25) is 0 Å². The second-order valence-electron chi connectivity index (χ2n) is 6.19. The molecule has 0 atom stereocenters. The molecule has 1 aliphatic heterocycles. The molecule has 4 rings (SSSR count). The predicted molar refractivity (Wildman–Crippen MR) is 111 cm³/mol. The Balaban J connectivity index is 1.74. The van der Waals surface area contributed by atoms with E-state index in [4.69, 9.17) is 0 Å². The lowest BCUT2D eigenvalue weighted by Crippen LogP contribution is -2.21. The number of anilines is 1. The van der Waals surface area contributed by atoms with Gasteiger partial charge in [0.2, 0.25) is 5.88 Å². The number of nitrogens with one attached hydrogen (secondary N) is 1. The molecule has 0 spiro atoms. The first-order chi connectivity index (χ1) is 13.5. The van der Waals surface area contributed by atoms with Crippen LogP contribution in [0.15, 0.2) is 74.5 Å². The van der Waals surface area contributed by atoms with E-state index in [1.807, 2.05) is 18.2 Å². The van der Waals surface area contributed by atoms with Gasteiger partial charge in [-0.05, 0) is 49.4 Å². The van der Waals surface area contributed by atoms with Gasteiger partial charge in [-0.1, -0.05) is 34.1 Å². The Hall–Kier alpha value is -3.39. The van der Waals surface area contributed by atoms with Gasteiger partial charge in [-0.2, -0.15) is 10.1 Å². The molecule has 7 nitrogen and oxygen atoms in total. The highest BCUT2D eigenvalue weighted by atomic mass is 79.9. The van der Waals surface area contributed by atoms with E-state index in [0.29, 0.717) is 17.1 Å². The van der Waals surface area contributed by atoms with Crippen LogP contribution in [0.1, 0.15) is 12.5 Å². The predicted octanol–water partition coefficient (Wildman–Crippen LogP) is 3.44. The molecule has 1 aromatic heterocycles. The summed E-state index contributed by atoms with van der Waals surface area (Å²) in [6.07, 6.45) is 1.37. The number of hydrogen-bond acceptors (Lipinski definition) is 4. The lowest BCUT2D eigenvalue weighted by atomic mass is 10.1. The number of aromatic hydroxyl groups is 1. The number of carbonyl (C=O) groups excluding carboxylic acids is 1. The molecule has 8 heteroatoms. The summed E-state index contributed by atoms with van der Waals surface area (Å²) in [5, 5.41) is 18.7. The number of aromatic nitrogens is 2. The summed E-state index contributed by atoms with van der Waals surface area (Å²) in [4.78, 5) is 25.2. The smallest absolute Gasteiger partial charge is 0.280 e. The lowest BCUT2D eigenvalue weighted by molar-refractivity contribution is -0.114. The minimum atomic E-state index is -0.508. The first-order valence-electron chi connectivity index (χ1n) is 8.42. The Morgan fingerprint density at radius 2 is 1.71 bits per heavy atom. The molecule has 0 radical (unpaired) electrons. The topological polar surface area (TPSA) is 90.7 Å². The zero-order valence-corrected chi connectivity index (χ0v) is 16.3. The summed E-state index contributed by atoms with van der Waals surface area (Å²) in [6.45, 7) is 1.68. The minimum absolute atomic E-state index is 0.00395. The SMILES string of the molecule is CC1=NN(c2ccccc2)C(=O)/C1=C/c1c(O)n(-c2ccc(Br)cc2)[nH]c1=O. The van der Waals surface area contributed by atoms with Gasteiger partial charge in [0.05, 0.1) is 22.7 Å². The number of benzene rings is 2. The summed E-state index contributed by atoms with van der Waals surface area (Å²) in [5.41, 5.74) is 1.40. The molecule has 2 N–H and O–H groups in total. The summed E-state index contributed by atoms with van der Waals surface area (Å²) in [7, 11) is 0. The Kier molecular flexibility index (Phi) is 4.48. The van der Waals surface area contributed by atoms with Gasteiger partial charge >= 0.3 is 0 Å². The first-order valence-corrected chi connectivity index (χ1v) is 9.21. The molecular formula is C20H15BrN4O3. The van der Waals surface area contributed by atoms with Crippen molar-refractivity contribution < 1.29 is 9.90 Å². The van der Waals surface area contributed by atoms with E-state index in [9.17, 15) is 14.7 Å². The van der Waals surface area contributed by atoms with E-state index < -0.39 is 5.56 Å². The van der Waals surface area contributed by atoms with Crippen LogP contribution in [0.25, 0.3) is 11.8 Å². The van der Waals surface area contributed by atoms with Crippen LogP contribution in [-0.2, 0) is 4.79 Å². The minimum Gasteiger partial charge on any atom is -0.493 e. The van der Waals surface area contributed by atoms with Crippen molar-refractivity contribution in [2.75, 3.05) is 5.01 Å². The third-order valence-electron chi connectivity index (χ3n) is 4.35. The average molecular weight is 439 g/mol. The quantitative estimate of drug-likeness (QED) is 0.613. The number of rotatable bonds is 3. The molecule has 0 fully saturated rings. The Labute approximate surface area is 168 Å². The van der Waals surface area contributed by atoms with Gasteiger partial charge in [-0.15, -0.1) is 0 Å². The van der Waals surface area contributed by atoms with Crippen LogP contribution < -0.4 is 10.6 Å². The van der Waals surface area contributed by atoms with E-state index in [-0.39, 0.29) is 22.9 Å². The highest BCUT2D eigenvalue weighted by Crippen LogP contribution is 2.27. The molecule has 1 aliphatic rings. The van der Waals surface area contributed by atoms with Crippen LogP contribution in [0.4, 0.5) is 5.69 Å². The largest absolute Gasteiger partial charge is 0.493 e. The molecule has 0 aliphatic carbocycles. The Bertz CT molecular complexity index is 1170. The highest BCUT2D eigenvalue weighted by Gasteiger charge is 2.29. The molecule has 0 bridgehead atoms. The number of nitrogens with zero attached hydrogens (tertiary/aromatic N) is 3. The second kappa shape index (κ2) is 6.97. The first kappa shape index (κ1) is 18.0. The number of halogens is 1. The van der Waals surface area contributed by atoms with Gasteiger partial charge in [0.25, 0.3) is 11.5 Å². The van der Waals surface area contributed by atoms with E-state index >= 15 is 0 Å². The third kappa shape index (κ3) is 3.07. The number of amides is 1. The Morgan fingerprint density at radius 1 is 1.04 bits per heavy atom. The monoisotopic (exact) mass is 438 g/mol. The maximum Gasteiger partial charge on any atom is 0.280 e. The van der Waals surface area contributed by atoms with Crippen molar-refractivity contribution in [3.8, 4) is 11.6 Å². The van der Waals surface area contributed by atoms with Crippen molar-refractivity contribution in [3.05, 3.63) is 80.6 Å². The number of carbonyl (C=O) groups is 1. The number of aromatic amines is 1. The van der Waals surface area contributed by atoms with Gasteiger partial charge < -0.3 is 5.11 Å². The zero-order valence-electron chi connectivity index (χ0n) is 14.8. The molecule has 2 aromatic carbocycles. The zero-order chi connectivity index (χ0) is 19.8. The van der Waals surface area contributed by atoms with Gasteiger partial charge in [0.15, 0.2) is 0 Å². The van der Waals surface area contributed by atoms with Gasteiger partial charge in [0, 0.05) is 4.47 Å². The van der Waals surface area contributed by atoms with Gasteiger partial charge in [-0.25, -0.2) is 4.68 Å². The molecule has 0 saturated carbocycles. The van der Waals surface area contributed by atoms with E-state index in [0.717, 1.165) is 4.47 Å². The van der Waals surface area contributed by atoms with Crippen LogP contribution in [-0.4, -0.2) is 26.5 Å². The molecular weight excluding hydrogens is 424 g/mol. The van der Waals surface area contributed by atoms with Crippen LogP contribution in [0, 0.1) is 0 Å². The summed E-state index contributed by atoms with van der Waals surface area (Å²) in [5.74, 6) is -0.641. The van der Waals surface area contributed by atoms with E-state index in [2.05, 4.69) is 26.1 Å². The molecule has 28 heavy (non-hydrogen) atoms. The van der Waals surface area contributed by atoms with Crippen molar-refractivity contribution in [3.63, 3.8) is 0 Å². The molecule has 1 amide bonds. The van der Waals surface area contributed by atoms with Crippen molar-refractivity contribution in [2.45, 2.75) is 6.92 Å². The van der Waals surface area contributed by atoms with Crippen LogP contribution >= 0.6 is 15.9 Å². The summed E-state index contributed by atoms with van der Waals surface area (Å²) >= 11 is 3.34. The van der Waals surface area contributed by atoms with Crippen LogP contribution in [0.5, 0.6) is 5.88 Å². The fourth-order valence-corrected chi connectivity index (χ4v) is 3.18. The average Bonchev–Trinajstić information content (AvgIpc) is 3.14. The molecule has 140 valence electrons. The van der Waals surface area contributed by atoms with Gasteiger partial charge in [-0.3, -0.25) is 14.7 Å².